The highest BCUT2D eigenvalue weighted by Gasteiger charge is 2.24. The van der Waals surface area contributed by atoms with Crippen molar-refractivity contribution >= 4 is 0 Å². The molecule has 0 heteroatoms. The molecule has 0 N–H and O–H groups in total. The Morgan fingerprint density at radius 3 is 1.59 bits per heavy atom. The molecule has 1 rings (SSSR count). The average molecular weight is 309 g/mol. The van der Waals surface area contributed by atoms with Gasteiger partial charge in [-0.2, -0.15) is 0 Å². The Morgan fingerprint density at radius 1 is 0.727 bits per heavy atom. The molecule has 0 bridgehead atoms. The van der Waals surface area contributed by atoms with Gasteiger partial charge in [0.15, 0.2) is 0 Å². The largest absolute Gasteiger partial charge is 0.0654 e. The zero-order valence-corrected chi connectivity index (χ0v) is 16.2. The van der Waals surface area contributed by atoms with E-state index in [0.717, 1.165) is 23.7 Å². The second-order valence-electron chi connectivity index (χ2n) is 8.57. The molecule has 0 saturated heterocycles. The molecule has 132 valence electrons. The highest BCUT2D eigenvalue weighted by Crippen LogP contribution is 2.37. The first-order valence-electron chi connectivity index (χ1n) is 10.7. The van der Waals surface area contributed by atoms with Gasteiger partial charge in [-0.15, -0.1) is 0 Å². The standard InChI is InChI=1S/C22H44/c1-5-7-9-12-19(3)16-21-14-11-15-22(18-21)17-20(4)13-10-8-6-2/h19-22H,5-18H2,1-4H3. The van der Waals surface area contributed by atoms with Gasteiger partial charge in [-0.05, 0) is 42.9 Å². The van der Waals surface area contributed by atoms with Gasteiger partial charge >= 0.3 is 0 Å². The zero-order valence-electron chi connectivity index (χ0n) is 16.2. The molecule has 4 unspecified atom stereocenters. The van der Waals surface area contributed by atoms with Gasteiger partial charge < -0.3 is 0 Å². The van der Waals surface area contributed by atoms with Gasteiger partial charge in [-0.1, -0.05) is 98.3 Å². The van der Waals surface area contributed by atoms with Crippen LogP contribution in [0.5, 0.6) is 0 Å². The lowest BCUT2D eigenvalue weighted by Crippen LogP contribution is -2.19. The number of rotatable bonds is 12. The molecule has 0 aromatic heterocycles. The van der Waals surface area contributed by atoms with Crippen molar-refractivity contribution in [2.45, 2.75) is 118 Å². The molecule has 1 fully saturated rings. The summed E-state index contributed by atoms with van der Waals surface area (Å²) in [5, 5.41) is 0. The van der Waals surface area contributed by atoms with E-state index in [-0.39, 0.29) is 0 Å². The van der Waals surface area contributed by atoms with E-state index in [1.807, 2.05) is 0 Å². The lowest BCUT2D eigenvalue weighted by atomic mass is 9.74. The Bertz CT molecular complexity index is 220. The number of hydrogen-bond donors (Lipinski definition) is 0. The third-order valence-corrected chi connectivity index (χ3v) is 5.96. The van der Waals surface area contributed by atoms with Crippen LogP contribution in [0.15, 0.2) is 0 Å². The van der Waals surface area contributed by atoms with Gasteiger partial charge in [0.1, 0.15) is 0 Å². The minimum absolute atomic E-state index is 0.970. The Morgan fingerprint density at radius 2 is 1.18 bits per heavy atom. The second kappa shape index (κ2) is 12.4. The summed E-state index contributed by atoms with van der Waals surface area (Å²) in [6.07, 6.45) is 20.6. The first-order valence-corrected chi connectivity index (χ1v) is 10.7. The summed E-state index contributed by atoms with van der Waals surface area (Å²) < 4.78 is 0. The molecule has 0 radical (unpaired) electrons. The van der Waals surface area contributed by atoms with Crippen LogP contribution in [0.1, 0.15) is 118 Å². The van der Waals surface area contributed by atoms with Crippen LogP contribution in [-0.4, -0.2) is 0 Å². The Hall–Kier alpha value is 0. The Kier molecular flexibility index (Phi) is 11.3. The van der Waals surface area contributed by atoms with Gasteiger partial charge in [0.05, 0.1) is 0 Å². The van der Waals surface area contributed by atoms with Crippen LogP contribution in [0.25, 0.3) is 0 Å². The SMILES string of the molecule is CCCCCC(C)CC1CCCC(CC(C)CCCCC)C1. The minimum atomic E-state index is 0.970. The second-order valence-corrected chi connectivity index (χ2v) is 8.57. The van der Waals surface area contributed by atoms with Crippen molar-refractivity contribution in [1.29, 1.82) is 0 Å². The van der Waals surface area contributed by atoms with Crippen molar-refractivity contribution < 1.29 is 0 Å². The summed E-state index contributed by atoms with van der Waals surface area (Å²) in [5.74, 6) is 4.05. The molecule has 1 aliphatic rings. The predicted molar refractivity (Wildman–Crippen MR) is 101 cm³/mol. The van der Waals surface area contributed by atoms with Crippen LogP contribution in [-0.2, 0) is 0 Å². The van der Waals surface area contributed by atoms with Gasteiger partial charge in [-0.25, -0.2) is 0 Å². The zero-order chi connectivity index (χ0) is 16.2. The van der Waals surface area contributed by atoms with Crippen LogP contribution in [0.4, 0.5) is 0 Å². The highest BCUT2D eigenvalue weighted by atomic mass is 14.3. The molecule has 0 aromatic rings. The molecule has 1 saturated carbocycles. The fourth-order valence-corrected chi connectivity index (χ4v) is 4.69. The summed E-state index contributed by atoms with van der Waals surface area (Å²) >= 11 is 0. The highest BCUT2D eigenvalue weighted by molar-refractivity contribution is 4.76. The van der Waals surface area contributed by atoms with Crippen molar-refractivity contribution in [3.8, 4) is 0 Å². The molecule has 0 heterocycles. The number of unbranched alkanes of at least 4 members (excludes halogenated alkanes) is 4. The lowest BCUT2D eigenvalue weighted by Gasteiger charge is -2.32. The quantitative estimate of drug-likeness (QED) is 0.320. The molecule has 1 aliphatic carbocycles. The van der Waals surface area contributed by atoms with Crippen molar-refractivity contribution in [3.63, 3.8) is 0 Å². The first kappa shape index (κ1) is 20.0. The maximum atomic E-state index is 2.51. The van der Waals surface area contributed by atoms with E-state index in [4.69, 9.17) is 0 Å². The van der Waals surface area contributed by atoms with Gasteiger partial charge in [0.25, 0.3) is 0 Å². The van der Waals surface area contributed by atoms with E-state index in [0.29, 0.717) is 0 Å². The summed E-state index contributed by atoms with van der Waals surface area (Å²) in [7, 11) is 0. The van der Waals surface area contributed by atoms with E-state index in [1.54, 1.807) is 6.42 Å². The normalized spacial score (nSPS) is 25.1. The van der Waals surface area contributed by atoms with E-state index in [1.165, 1.54) is 83.5 Å². The van der Waals surface area contributed by atoms with E-state index < -0.39 is 0 Å². The fraction of sp³-hybridized carbons (Fsp3) is 1.00. The summed E-state index contributed by atoms with van der Waals surface area (Å²) in [6, 6.07) is 0. The van der Waals surface area contributed by atoms with Crippen molar-refractivity contribution in [2.24, 2.45) is 23.7 Å². The molecule has 22 heavy (non-hydrogen) atoms. The third-order valence-electron chi connectivity index (χ3n) is 5.96. The predicted octanol–water partition coefficient (Wildman–Crippen LogP) is 8.01. The van der Waals surface area contributed by atoms with Crippen molar-refractivity contribution in [2.75, 3.05) is 0 Å². The maximum Gasteiger partial charge on any atom is -0.0409 e. The third kappa shape index (κ3) is 9.21. The molecule has 0 aromatic carbocycles. The van der Waals surface area contributed by atoms with Crippen LogP contribution in [0, 0.1) is 23.7 Å². The van der Waals surface area contributed by atoms with Gasteiger partial charge in [0, 0.05) is 0 Å². The molecule has 4 atom stereocenters. The fourth-order valence-electron chi connectivity index (χ4n) is 4.69. The molecule has 0 aliphatic heterocycles. The Labute approximate surface area is 141 Å². The average Bonchev–Trinajstić information content (AvgIpc) is 2.48. The minimum Gasteiger partial charge on any atom is -0.0654 e. The molecule has 0 spiro atoms. The molecular weight excluding hydrogens is 264 g/mol. The lowest BCUT2D eigenvalue weighted by molar-refractivity contribution is 0.199. The van der Waals surface area contributed by atoms with E-state index in [2.05, 4.69) is 27.7 Å². The summed E-state index contributed by atoms with van der Waals surface area (Å²) in [5.41, 5.74) is 0. The topological polar surface area (TPSA) is 0 Å². The molecule has 0 amide bonds. The maximum absolute atomic E-state index is 2.51. The summed E-state index contributed by atoms with van der Waals surface area (Å²) in [4.78, 5) is 0. The number of hydrogen-bond acceptors (Lipinski definition) is 0. The van der Waals surface area contributed by atoms with Crippen LogP contribution in [0.2, 0.25) is 0 Å². The van der Waals surface area contributed by atoms with Crippen LogP contribution >= 0.6 is 0 Å². The van der Waals surface area contributed by atoms with Gasteiger partial charge in [-0.3, -0.25) is 0 Å². The van der Waals surface area contributed by atoms with Gasteiger partial charge in [0.2, 0.25) is 0 Å². The summed E-state index contributed by atoms with van der Waals surface area (Å²) in [6.45, 7) is 9.65. The first-order chi connectivity index (χ1) is 10.7. The van der Waals surface area contributed by atoms with Crippen molar-refractivity contribution in [3.05, 3.63) is 0 Å². The van der Waals surface area contributed by atoms with E-state index >= 15 is 0 Å². The van der Waals surface area contributed by atoms with Crippen molar-refractivity contribution in [1.82, 2.24) is 0 Å². The molecule has 0 nitrogen and oxygen atoms in total. The Balaban J connectivity index is 2.20. The van der Waals surface area contributed by atoms with E-state index in [9.17, 15) is 0 Å². The molecular formula is C22H44. The smallest absolute Gasteiger partial charge is 0.0409 e. The van der Waals surface area contributed by atoms with Crippen LogP contribution < -0.4 is 0 Å². The van der Waals surface area contributed by atoms with Crippen LogP contribution in [0.3, 0.4) is 0 Å². The monoisotopic (exact) mass is 308 g/mol.